The molecule has 0 radical (unpaired) electrons. The lowest BCUT2D eigenvalue weighted by atomic mass is 9.79. The fourth-order valence-electron chi connectivity index (χ4n) is 1.56. The highest BCUT2D eigenvalue weighted by Gasteiger charge is 2.32. The zero-order valence-electron chi connectivity index (χ0n) is 9.79. The molecule has 0 aliphatic carbocycles. The van der Waals surface area contributed by atoms with E-state index in [4.69, 9.17) is 9.39 Å². The molecule has 5 heteroatoms. The van der Waals surface area contributed by atoms with Crippen molar-refractivity contribution < 1.29 is 14.4 Å². The topological polar surface area (TPSA) is 38.7 Å². The third-order valence-corrected chi connectivity index (χ3v) is 2.94. The van der Waals surface area contributed by atoms with Crippen molar-refractivity contribution >= 4 is 28.5 Å². The van der Waals surface area contributed by atoms with Crippen molar-refractivity contribution in [3.8, 4) is 5.75 Å². The van der Waals surface area contributed by atoms with Crippen molar-refractivity contribution in [1.82, 2.24) is 0 Å². The van der Waals surface area contributed by atoms with Gasteiger partial charge < -0.3 is 14.4 Å². The van der Waals surface area contributed by atoms with E-state index in [0.717, 1.165) is 15.5 Å². The first kappa shape index (κ1) is 13.5. The second kappa shape index (κ2) is 6.28. The number of hydrogen-bond donors (Lipinski definition) is 1. The summed E-state index contributed by atoms with van der Waals surface area (Å²) in [5.41, 5.74) is 1.73. The molecule has 1 aliphatic heterocycles. The molecular formula is C11H16BBrO3. The molecule has 0 amide bonds. The molecule has 0 spiro atoms. The molecule has 0 atom stereocenters. The molecule has 2 rings (SSSR count). The number of fused-ring (bicyclic) bond motifs is 1. The Morgan fingerprint density at radius 3 is 2.81 bits per heavy atom. The molecule has 0 fully saturated rings. The van der Waals surface area contributed by atoms with Gasteiger partial charge in [0.25, 0.3) is 0 Å². The van der Waals surface area contributed by atoms with E-state index >= 15 is 0 Å². The van der Waals surface area contributed by atoms with Crippen molar-refractivity contribution in [2.45, 2.75) is 27.4 Å². The Labute approximate surface area is 105 Å². The molecule has 88 valence electrons. The van der Waals surface area contributed by atoms with Crippen molar-refractivity contribution in [3.63, 3.8) is 0 Å². The van der Waals surface area contributed by atoms with E-state index in [1.807, 2.05) is 32.9 Å². The van der Waals surface area contributed by atoms with E-state index in [9.17, 15) is 5.02 Å². The fourth-order valence-corrected chi connectivity index (χ4v) is 2.02. The van der Waals surface area contributed by atoms with E-state index in [1.54, 1.807) is 0 Å². The van der Waals surface area contributed by atoms with Crippen LogP contribution in [0.5, 0.6) is 5.75 Å². The Hall–Kier alpha value is -0.515. The predicted molar refractivity (Wildman–Crippen MR) is 69.1 cm³/mol. The average molecular weight is 287 g/mol. The third-order valence-electron chi connectivity index (χ3n) is 2.19. The molecule has 0 unspecified atom stereocenters. The average Bonchev–Trinajstić information content (AvgIpc) is 2.69. The Bertz CT molecular complexity index is 357. The maximum atomic E-state index is 9.59. The van der Waals surface area contributed by atoms with Gasteiger partial charge in [-0.05, 0) is 24.6 Å². The zero-order valence-corrected chi connectivity index (χ0v) is 11.4. The minimum atomic E-state index is -0.857. The van der Waals surface area contributed by atoms with Gasteiger partial charge in [0.2, 0.25) is 0 Å². The molecule has 1 heterocycles. The van der Waals surface area contributed by atoms with Gasteiger partial charge in [0.05, 0.1) is 13.2 Å². The van der Waals surface area contributed by atoms with Crippen LogP contribution in [0.4, 0.5) is 0 Å². The lowest BCUT2D eigenvalue weighted by Gasteiger charge is -2.09. The van der Waals surface area contributed by atoms with Crippen LogP contribution >= 0.6 is 15.9 Å². The number of ether oxygens (including phenoxy) is 1. The molecular weight excluding hydrogens is 271 g/mol. The molecule has 1 aromatic carbocycles. The van der Waals surface area contributed by atoms with Gasteiger partial charge in [0, 0.05) is 9.94 Å². The first-order valence-electron chi connectivity index (χ1n) is 5.47. The Morgan fingerprint density at radius 2 is 2.19 bits per heavy atom. The summed E-state index contributed by atoms with van der Waals surface area (Å²) in [6, 6.07) is 3.75. The van der Waals surface area contributed by atoms with Gasteiger partial charge in [-0.15, -0.1) is 0 Å². The van der Waals surface area contributed by atoms with Crippen molar-refractivity contribution in [3.05, 3.63) is 22.2 Å². The van der Waals surface area contributed by atoms with Crippen LogP contribution in [0.1, 0.15) is 26.3 Å². The van der Waals surface area contributed by atoms with Crippen LogP contribution in [0.3, 0.4) is 0 Å². The van der Waals surface area contributed by atoms with Crippen molar-refractivity contribution in [2.24, 2.45) is 0 Å². The van der Waals surface area contributed by atoms with Crippen LogP contribution in [0.15, 0.2) is 16.6 Å². The molecule has 0 aromatic heterocycles. The van der Waals surface area contributed by atoms with E-state index in [1.165, 1.54) is 0 Å². The molecule has 1 aromatic rings. The fraction of sp³-hybridized carbons (Fsp3) is 0.455. The van der Waals surface area contributed by atoms with E-state index in [-0.39, 0.29) is 0 Å². The van der Waals surface area contributed by atoms with E-state index in [0.29, 0.717) is 19.0 Å². The van der Waals surface area contributed by atoms with Gasteiger partial charge in [-0.3, -0.25) is 0 Å². The number of benzene rings is 1. The van der Waals surface area contributed by atoms with Crippen LogP contribution in [0, 0.1) is 0 Å². The highest BCUT2D eigenvalue weighted by atomic mass is 79.9. The molecule has 1 aliphatic rings. The van der Waals surface area contributed by atoms with Gasteiger partial charge in [-0.25, -0.2) is 0 Å². The van der Waals surface area contributed by atoms with Crippen molar-refractivity contribution in [2.75, 3.05) is 6.61 Å². The normalized spacial score (nSPS) is 12.9. The van der Waals surface area contributed by atoms with Crippen LogP contribution < -0.4 is 10.2 Å². The highest BCUT2D eigenvalue weighted by Crippen LogP contribution is 2.25. The van der Waals surface area contributed by atoms with Crippen LogP contribution in [-0.2, 0) is 11.3 Å². The Morgan fingerprint density at radius 1 is 1.50 bits per heavy atom. The van der Waals surface area contributed by atoms with Gasteiger partial charge in [-0.2, -0.15) is 0 Å². The maximum Gasteiger partial charge on any atom is 0.495 e. The van der Waals surface area contributed by atoms with Crippen molar-refractivity contribution in [1.29, 1.82) is 0 Å². The Kier molecular flexibility index (Phi) is 5.32. The molecule has 0 saturated carbocycles. The second-order valence-electron chi connectivity index (χ2n) is 3.03. The summed E-state index contributed by atoms with van der Waals surface area (Å²) < 4.78 is 11.5. The molecule has 1 N–H and O–H groups in total. The van der Waals surface area contributed by atoms with Gasteiger partial charge in [0.1, 0.15) is 5.75 Å². The summed E-state index contributed by atoms with van der Waals surface area (Å²) in [6.07, 6.45) is 0. The number of halogens is 1. The lowest BCUT2D eigenvalue weighted by Crippen LogP contribution is -2.30. The van der Waals surface area contributed by atoms with Crippen LogP contribution in [-0.4, -0.2) is 18.7 Å². The molecule has 3 nitrogen and oxygen atoms in total. The van der Waals surface area contributed by atoms with Gasteiger partial charge in [-0.1, -0.05) is 29.8 Å². The summed E-state index contributed by atoms with van der Waals surface area (Å²) in [5, 5.41) is 9.59. The Balaban J connectivity index is 0.000000606. The maximum absolute atomic E-state index is 9.59. The first-order valence-corrected chi connectivity index (χ1v) is 6.27. The predicted octanol–water partition coefficient (Wildman–Crippen LogP) is 2.09. The summed E-state index contributed by atoms with van der Waals surface area (Å²) in [5.74, 6) is 0.704. The van der Waals surface area contributed by atoms with Crippen LogP contribution in [0.25, 0.3) is 0 Å². The highest BCUT2D eigenvalue weighted by molar-refractivity contribution is 9.10. The smallest absolute Gasteiger partial charge is 0.494 e. The molecule has 0 saturated heterocycles. The minimum Gasteiger partial charge on any atom is -0.494 e. The van der Waals surface area contributed by atoms with Gasteiger partial charge in [0.15, 0.2) is 0 Å². The minimum absolute atomic E-state index is 0.429. The lowest BCUT2D eigenvalue weighted by molar-refractivity contribution is 0.274. The van der Waals surface area contributed by atoms with E-state index in [2.05, 4.69) is 15.9 Å². The van der Waals surface area contributed by atoms with E-state index < -0.39 is 7.12 Å². The zero-order chi connectivity index (χ0) is 12.1. The standard InChI is InChI=1S/C9H10BBrO3.C2H6/c1-2-13-8-4-3-7(11)6-5-14-10(12)9(6)8;1-2/h3-4,12H,2,5H2,1H3;1-2H3. The summed E-state index contributed by atoms with van der Waals surface area (Å²) in [6.45, 7) is 6.93. The quantitative estimate of drug-likeness (QED) is 0.846. The monoisotopic (exact) mass is 286 g/mol. The second-order valence-corrected chi connectivity index (χ2v) is 3.89. The molecule has 16 heavy (non-hydrogen) atoms. The molecule has 0 bridgehead atoms. The van der Waals surface area contributed by atoms with Gasteiger partial charge >= 0.3 is 7.12 Å². The largest absolute Gasteiger partial charge is 0.495 e. The van der Waals surface area contributed by atoms with Crippen LogP contribution in [0.2, 0.25) is 0 Å². The summed E-state index contributed by atoms with van der Waals surface area (Å²) in [4.78, 5) is 0. The third kappa shape index (κ3) is 2.59. The number of rotatable bonds is 2. The summed E-state index contributed by atoms with van der Waals surface area (Å²) >= 11 is 3.41. The first-order chi connectivity index (χ1) is 7.74. The SMILES string of the molecule is CC.CCOc1ccc(Br)c2c1B(O)OC2. The number of hydrogen-bond acceptors (Lipinski definition) is 3. The summed E-state index contributed by atoms with van der Waals surface area (Å²) in [7, 11) is -0.857.